The molecule has 5 heteroatoms. The lowest BCUT2D eigenvalue weighted by molar-refractivity contribution is -0.141. The highest BCUT2D eigenvalue weighted by atomic mass is 32.2. The average molecular weight is 427 g/mol. The molecule has 0 heterocycles. The van der Waals surface area contributed by atoms with E-state index in [1.54, 1.807) is 16.7 Å². The Balaban J connectivity index is 2.07. The van der Waals surface area contributed by atoms with Crippen molar-refractivity contribution >= 4 is 23.6 Å². The molecule has 0 aliphatic heterocycles. The number of aryl methyl sites for hydroxylation is 1. The van der Waals surface area contributed by atoms with Crippen LogP contribution in [-0.4, -0.2) is 35.1 Å². The summed E-state index contributed by atoms with van der Waals surface area (Å²) < 4.78 is 0. The summed E-state index contributed by atoms with van der Waals surface area (Å²) in [5.74, 6) is 1.01. The summed E-state index contributed by atoms with van der Waals surface area (Å²) in [5, 5.41) is 3.00. The first-order valence-electron chi connectivity index (χ1n) is 10.7. The number of nitrogens with one attached hydrogen (secondary N) is 1. The van der Waals surface area contributed by atoms with Gasteiger partial charge >= 0.3 is 0 Å². The SMILES string of the molecule is CC[C@H](C(=O)NCC(C)C)N(Cc1ccccc1)C(=O)CCSc1ccc(C)cc1. The van der Waals surface area contributed by atoms with Gasteiger partial charge in [0.25, 0.3) is 0 Å². The van der Waals surface area contributed by atoms with Crippen molar-refractivity contribution in [2.45, 2.75) is 58.0 Å². The molecule has 0 aliphatic rings. The fraction of sp³-hybridized carbons (Fsp3) is 0.440. The lowest BCUT2D eigenvalue weighted by Gasteiger charge is -2.31. The molecule has 2 aromatic rings. The van der Waals surface area contributed by atoms with Gasteiger partial charge in [-0.25, -0.2) is 0 Å². The molecule has 162 valence electrons. The molecule has 0 radical (unpaired) electrons. The molecule has 0 aliphatic carbocycles. The summed E-state index contributed by atoms with van der Waals surface area (Å²) in [4.78, 5) is 28.9. The second kappa shape index (κ2) is 12.4. The minimum absolute atomic E-state index is 0.0185. The largest absolute Gasteiger partial charge is 0.354 e. The van der Waals surface area contributed by atoms with Gasteiger partial charge in [-0.05, 0) is 37.0 Å². The van der Waals surface area contributed by atoms with Crippen LogP contribution >= 0.6 is 11.8 Å². The normalized spacial score (nSPS) is 11.9. The van der Waals surface area contributed by atoms with Crippen molar-refractivity contribution in [3.8, 4) is 0 Å². The molecule has 0 aromatic heterocycles. The van der Waals surface area contributed by atoms with Gasteiger partial charge in [-0.3, -0.25) is 9.59 Å². The number of hydrogen-bond acceptors (Lipinski definition) is 3. The predicted molar refractivity (Wildman–Crippen MR) is 125 cm³/mol. The Labute approximate surface area is 185 Å². The summed E-state index contributed by atoms with van der Waals surface area (Å²) in [6.45, 7) is 9.22. The molecule has 0 fully saturated rings. The number of rotatable bonds is 11. The average Bonchev–Trinajstić information content (AvgIpc) is 2.74. The Morgan fingerprint density at radius 3 is 2.30 bits per heavy atom. The Bertz CT molecular complexity index is 791. The van der Waals surface area contributed by atoms with Crippen LogP contribution in [0, 0.1) is 12.8 Å². The second-order valence-corrected chi connectivity index (χ2v) is 9.15. The Morgan fingerprint density at radius 1 is 1.03 bits per heavy atom. The van der Waals surface area contributed by atoms with Crippen molar-refractivity contribution in [2.24, 2.45) is 5.92 Å². The van der Waals surface area contributed by atoms with Crippen molar-refractivity contribution in [2.75, 3.05) is 12.3 Å². The number of hydrogen-bond donors (Lipinski definition) is 1. The minimum atomic E-state index is -0.458. The third-order valence-electron chi connectivity index (χ3n) is 4.87. The van der Waals surface area contributed by atoms with E-state index in [-0.39, 0.29) is 11.8 Å². The third-order valence-corrected chi connectivity index (χ3v) is 5.89. The van der Waals surface area contributed by atoms with E-state index in [0.29, 0.717) is 37.6 Å². The van der Waals surface area contributed by atoms with Crippen LogP contribution < -0.4 is 5.32 Å². The summed E-state index contributed by atoms with van der Waals surface area (Å²) in [5.41, 5.74) is 2.26. The quantitative estimate of drug-likeness (QED) is 0.511. The standard InChI is InChI=1S/C25H34N2O2S/c1-5-23(25(29)26-17-19(2)3)27(18-21-9-7-6-8-10-21)24(28)15-16-30-22-13-11-20(4)12-14-22/h6-14,19,23H,5,15-18H2,1-4H3,(H,26,29)/t23-/m1/s1. The highest BCUT2D eigenvalue weighted by molar-refractivity contribution is 7.99. The number of thioether (sulfide) groups is 1. The zero-order chi connectivity index (χ0) is 21.9. The van der Waals surface area contributed by atoms with E-state index in [9.17, 15) is 9.59 Å². The van der Waals surface area contributed by atoms with Crippen LogP contribution in [-0.2, 0) is 16.1 Å². The van der Waals surface area contributed by atoms with Gasteiger partial charge < -0.3 is 10.2 Å². The topological polar surface area (TPSA) is 49.4 Å². The van der Waals surface area contributed by atoms with Gasteiger partial charge in [0.2, 0.25) is 11.8 Å². The van der Waals surface area contributed by atoms with Crippen LogP contribution in [0.1, 0.15) is 44.7 Å². The fourth-order valence-corrected chi connectivity index (χ4v) is 4.00. The monoisotopic (exact) mass is 426 g/mol. The van der Waals surface area contributed by atoms with E-state index in [1.807, 2.05) is 37.3 Å². The molecule has 2 aromatic carbocycles. The van der Waals surface area contributed by atoms with Gasteiger partial charge in [0.05, 0.1) is 0 Å². The Kier molecular flexibility index (Phi) is 9.95. The third kappa shape index (κ3) is 7.86. The maximum atomic E-state index is 13.2. The van der Waals surface area contributed by atoms with Crippen LogP contribution in [0.2, 0.25) is 0 Å². The molecule has 2 rings (SSSR count). The maximum Gasteiger partial charge on any atom is 0.242 e. The lowest BCUT2D eigenvalue weighted by atomic mass is 10.1. The molecule has 2 amide bonds. The molecule has 0 bridgehead atoms. The van der Waals surface area contributed by atoms with E-state index in [0.717, 1.165) is 10.5 Å². The van der Waals surface area contributed by atoms with Crippen LogP contribution in [0.4, 0.5) is 0 Å². The molecular formula is C25H34N2O2S. The first kappa shape index (κ1) is 24.0. The minimum Gasteiger partial charge on any atom is -0.354 e. The second-order valence-electron chi connectivity index (χ2n) is 7.98. The number of carbonyl (C=O) groups excluding carboxylic acids is 2. The van der Waals surface area contributed by atoms with Crippen molar-refractivity contribution in [3.05, 3.63) is 65.7 Å². The molecule has 0 saturated carbocycles. The van der Waals surface area contributed by atoms with Crippen LogP contribution in [0.15, 0.2) is 59.5 Å². The zero-order valence-electron chi connectivity index (χ0n) is 18.6. The summed E-state index contributed by atoms with van der Waals surface area (Å²) in [6.07, 6.45) is 0.993. The first-order valence-corrected chi connectivity index (χ1v) is 11.7. The van der Waals surface area contributed by atoms with Crippen molar-refractivity contribution in [3.63, 3.8) is 0 Å². The van der Waals surface area contributed by atoms with Crippen LogP contribution in [0.3, 0.4) is 0 Å². The fourth-order valence-electron chi connectivity index (χ4n) is 3.16. The molecule has 0 spiro atoms. The van der Waals surface area contributed by atoms with Gasteiger partial charge in [0, 0.05) is 30.2 Å². The molecule has 1 N–H and O–H groups in total. The maximum absolute atomic E-state index is 13.2. The van der Waals surface area contributed by atoms with E-state index < -0.39 is 6.04 Å². The van der Waals surface area contributed by atoms with Gasteiger partial charge in [0.15, 0.2) is 0 Å². The summed E-state index contributed by atoms with van der Waals surface area (Å²) in [6, 6.07) is 17.8. The number of amides is 2. The first-order chi connectivity index (χ1) is 14.4. The molecule has 0 saturated heterocycles. The Hall–Kier alpha value is -2.27. The Morgan fingerprint density at radius 2 is 1.70 bits per heavy atom. The van der Waals surface area contributed by atoms with Crippen LogP contribution in [0.5, 0.6) is 0 Å². The lowest BCUT2D eigenvalue weighted by Crippen LogP contribution is -2.49. The number of benzene rings is 2. The molecule has 1 atom stereocenters. The number of nitrogens with zero attached hydrogens (tertiary/aromatic N) is 1. The van der Waals surface area contributed by atoms with Crippen molar-refractivity contribution in [1.82, 2.24) is 10.2 Å². The zero-order valence-corrected chi connectivity index (χ0v) is 19.4. The van der Waals surface area contributed by atoms with E-state index in [4.69, 9.17) is 0 Å². The smallest absolute Gasteiger partial charge is 0.242 e. The van der Waals surface area contributed by atoms with Gasteiger partial charge in [-0.2, -0.15) is 0 Å². The molecule has 30 heavy (non-hydrogen) atoms. The van der Waals surface area contributed by atoms with E-state index >= 15 is 0 Å². The number of carbonyl (C=O) groups is 2. The molecule has 0 unspecified atom stereocenters. The van der Waals surface area contributed by atoms with Gasteiger partial charge in [0.1, 0.15) is 6.04 Å². The molecule has 4 nitrogen and oxygen atoms in total. The predicted octanol–water partition coefficient (Wildman–Crippen LogP) is 5.06. The van der Waals surface area contributed by atoms with Gasteiger partial charge in [-0.15, -0.1) is 11.8 Å². The van der Waals surface area contributed by atoms with Crippen molar-refractivity contribution in [1.29, 1.82) is 0 Å². The van der Waals surface area contributed by atoms with Gasteiger partial charge in [-0.1, -0.05) is 68.8 Å². The summed E-state index contributed by atoms with van der Waals surface area (Å²) >= 11 is 1.67. The molecular weight excluding hydrogens is 392 g/mol. The van der Waals surface area contributed by atoms with E-state index in [1.165, 1.54) is 5.56 Å². The van der Waals surface area contributed by atoms with Crippen LogP contribution in [0.25, 0.3) is 0 Å². The van der Waals surface area contributed by atoms with Crippen molar-refractivity contribution < 1.29 is 9.59 Å². The summed E-state index contributed by atoms with van der Waals surface area (Å²) in [7, 11) is 0. The highest BCUT2D eigenvalue weighted by Crippen LogP contribution is 2.21. The highest BCUT2D eigenvalue weighted by Gasteiger charge is 2.28. The van der Waals surface area contributed by atoms with E-state index in [2.05, 4.69) is 50.4 Å².